The minimum atomic E-state index is 0.250. The summed E-state index contributed by atoms with van der Waals surface area (Å²) < 4.78 is 5.69. The number of piperidine rings is 1. The van der Waals surface area contributed by atoms with Gasteiger partial charge in [-0.3, -0.25) is 0 Å². The van der Waals surface area contributed by atoms with Crippen molar-refractivity contribution < 1.29 is 4.74 Å². The molecule has 0 radical (unpaired) electrons. The molecule has 0 unspecified atom stereocenters. The largest absolute Gasteiger partial charge is 0.460 e. The van der Waals surface area contributed by atoms with Crippen molar-refractivity contribution in [3.8, 4) is 6.01 Å². The SMILES string of the molecule is Nc1nc(OC2CCC2)nc(N2CCCCC2)n1. The third kappa shape index (κ3) is 2.47. The van der Waals surface area contributed by atoms with Gasteiger partial charge in [0, 0.05) is 13.1 Å². The van der Waals surface area contributed by atoms with Crippen LogP contribution in [0.25, 0.3) is 0 Å². The molecule has 0 aromatic carbocycles. The molecule has 3 rings (SSSR count). The number of nitrogen functional groups attached to an aromatic ring is 1. The van der Waals surface area contributed by atoms with Crippen LogP contribution >= 0.6 is 0 Å². The van der Waals surface area contributed by atoms with Gasteiger partial charge >= 0.3 is 6.01 Å². The molecule has 98 valence electrons. The Kier molecular flexibility index (Phi) is 3.17. The van der Waals surface area contributed by atoms with Crippen molar-refractivity contribution >= 4 is 11.9 Å². The third-order valence-electron chi connectivity index (χ3n) is 3.58. The lowest BCUT2D eigenvalue weighted by atomic mass is 9.96. The summed E-state index contributed by atoms with van der Waals surface area (Å²) in [6.07, 6.45) is 7.32. The number of rotatable bonds is 3. The molecule has 1 aromatic heterocycles. The molecule has 0 atom stereocenters. The lowest BCUT2D eigenvalue weighted by Crippen LogP contribution is -2.32. The number of aromatic nitrogens is 3. The van der Waals surface area contributed by atoms with Crippen LogP contribution in [-0.2, 0) is 0 Å². The number of nitrogens with zero attached hydrogens (tertiary/aromatic N) is 4. The fraction of sp³-hybridized carbons (Fsp3) is 0.750. The van der Waals surface area contributed by atoms with Crippen LogP contribution in [0.5, 0.6) is 6.01 Å². The molecule has 1 aliphatic carbocycles. The van der Waals surface area contributed by atoms with E-state index in [2.05, 4.69) is 19.9 Å². The summed E-state index contributed by atoms with van der Waals surface area (Å²) in [5.74, 6) is 0.913. The molecule has 1 aromatic rings. The van der Waals surface area contributed by atoms with Gasteiger partial charge in [0.2, 0.25) is 11.9 Å². The van der Waals surface area contributed by atoms with Crippen LogP contribution in [0.2, 0.25) is 0 Å². The van der Waals surface area contributed by atoms with Crippen molar-refractivity contribution in [2.24, 2.45) is 0 Å². The second-order valence-electron chi connectivity index (χ2n) is 4.99. The van der Waals surface area contributed by atoms with E-state index in [1.807, 2.05) is 0 Å². The van der Waals surface area contributed by atoms with Crippen LogP contribution in [0, 0.1) is 0 Å². The Balaban J connectivity index is 1.75. The van der Waals surface area contributed by atoms with Crippen molar-refractivity contribution in [1.82, 2.24) is 15.0 Å². The predicted molar refractivity (Wildman–Crippen MR) is 68.6 cm³/mol. The number of hydrogen-bond donors (Lipinski definition) is 1. The molecule has 18 heavy (non-hydrogen) atoms. The van der Waals surface area contributed by atoms with Gasteiger partial charge in [-0.1, -0.05) is 0 Å². The normalized spacial score (nSPS) is 20.6. The molecular formula is C12H19N5O. The average Bonchev–Trinajstić information content (AvgIpc) is 2.34. The third-order valence-corrected chi connectivity index (χ3v) is 3.58. The smallest absolute Gasteiger partial charge is 0.323 e. The number of ether oxygens (including phenoxy) is 1. The van der Waals surface area contributed by atoms with Crippen molar-refractivity contribution in [2.75, 3.05) is 23.7 Å². The maximum Gasteiger partial charge on any atom is 0.323 e. The van der Waals surface area contributed by atoms with Gasteiger partial charge in [0.1, 0.15) is 6.10 Å². The first-order valence-corrected chi connectivity index (χ1v) is 6.74. The number of nitrogens with two attached hydrogens (primary N) is 1. The quantitative estimate of drug-likeness (QED) is 0.872. The molecule has 0 amide bonds. The van der Waals surface area contributed by atoms with E-state index in [1.54, 1.807) is 0 Å². The fourth-order valence-electron chi connectivity index (χ4n) is 2.29. The molecule has 1 saturated heterocycles. The van der Waals surface area contributed by atoms with E-state index < -0.39 is 0 Å². The summed E-state index contributed by atoms with van der Waals surface area (Å²) in [6.45, 7) is 1.98. The summed E-state index contributed by atoms with van der Waals surface area (Å²) in [7, 11) is 0. The molecule has 2 fully saturated rings. The highest BCUT2D eigenvalue weighted by Gasteiger charge is 2.22. The summed E-state index contributed by atoms with van der Waals surface area (Å²) in [5.41, 5.74) is 5.73. The van der Waals surface area contributed by atoms with Gasteiger partial charge in [0.05, 0.1) is 0 Å². The predicted octanol–water partition coefficient (Wildman–Crippen LogP) is 1.38. The van der Waals surface area contributed by atoms with E-state index in [0.29, 0.717) is 12.0 Å². The van der Waals surface area contributed by atoms with Crippen LogP contribution in [0.15, 0.2) is 0 Å². The minimum Gasteiger partial charge on any atom is -0.460 e. The molecule has 2 aliphatic rings. The maximum atomic E-state index is 5.73. The Morgan fingerprint density at radius 3 is 2.44 bits per heavy atom. The molecular weight excluding hydrogens is 230 g/mol. The van der Waals surface area contributed by atoms with Crippen LogP contribution < -0.4 is 15.4 Å². The van der Waals surface area contributed by atoms with Crippen LogP contribution in [0.3, 0.4) is 0 Å². The fourth-order valence-corrected chi connectivity index (χ4v) is 2.29. The Morgan fingerprint density at radius 2 is 1.78 bits per heavy atom. The van der Waals surface area contributed by atoms with Crippen LogP contribution in [0.1, 0.15) is 38.5 Å². The molecule has 0 spiro atoms. The molecule has 1 saturated carbocycles. The Morgan fingerprint density at radius 1 is 1.00 bits per heavy atom. The summed E-state index contributed by atoms with van der Waals surface area (Å²) in [4.78, 5) is 14.8. The molecule has 6 nitrogen and oxygen atoms in total. The van der Waals surface area contributed by atoms with Crippen molar-refractivity contribution in [1.29, 1.82) is 0 Å². The van der Waals surface area contributed by atoms with E-state index in [1.165, 1.54) is 25.7 Å². The van der Waals surface area contributed by atoms with Gasteiger partial charge in [0.25, 0.3) is 0 Å². The van der Waals surface area contributed by atoms with Gasteiger partial charge in [-0.25, -0.2) is 0 Å². The Hall–Kier alpha value is -1.59. The lowest BCUT2D eigenvalue weighted by Gasteiger charge is -2.28. The van der Waals surface area contributed by atoms with Crippen molar-refractivity contribution in [2.45, 2.75) is 44.6 Å². The zero-order valence-electron chi connectivity index (χ0n) is 10.5. The highest BCUT2D eigenvalue weighted by molar-refractivity contribution is 5.36. The molecule has 2 heterocycles. The van der Waals surface area contributed by atoms with Gasteiger partial charge in [-0.05, 0) is 38.5 Å². The highest BCUT2D eigenvalue weighted by Crippen LogP contribution is 2.24. The first-order chi connectivity index (χ1) is 8.81. The maximum absolute atomic E-state index is 5.73. The van der Waals surface area contributed by atoms with Gasteiger partial charge in [-0.15, -0.1) is 0 Å². The summed E-state index contributed by atoms with van der Waals surface area (Å²) in [6, 6.07) is 0.382. The van der Waals surface area contributed by atoms with Gasteiger partial charge in [-0.2, -0.15) is 15.0 Å². The highest BCUT2D eigenvalue weighted by atomic mass is 16.5. The summed E-state index contributed by atoms with van der Waals surface area (Å²) in [5, 5.41) is 0. The van der Waals surface area contributed by atoms with Crippen LogP contribution in [0.4, 0.5) is 11.9 Å². The van der Waals surface area contributed by atoms with Gasteiger partial charge in [0.15, 0.2) is 0 Å². The van der Waals surface area contributed by atoms with Gasteiger partial charge < -0.3 is 15.4 Å². The first-order valence-electron chi connectivity index (χ1n) is 6.74. The summed E-state index contributed by atoms with van der Waals surface area (Å²) >= 11 is 0. The second kappa shape index (κ2) is 4.96. The molecule has 6 heteroatoms. The van der Waals surface area contributed by atoms with E-state index in [9.17, 15) is 0 Å². The van der Waals surface area contributed by atoms with E-state index in [0.717, 1.165) is 25.9 Å². The van der Waals surface area contributed by atoms with E-state index in [4.69, 9.17) is 10.5 Å². The first kappa shape index (κ1) is 11.5. The molecule has 1 aliphatic heterocycles. The number of anilines is 2. The minimum absolute atomic E-state index is 0.250. The van der Waals surface area contributed by atoms with E-state index >= 15 is 0 Å². The second-order valence-corrected chi connectivity index (χ2v) is 4.99. The van der Waals surface area contributed by atoms with Crippen molar-refractivity contribution in [3.05, 3.63) is 0 Å². The van der Waals surface area contributed by atoms with E-state index in [-0.39, 0.29) is 12.1 Å². The monoisotopic (exact) mass is 249 g/mol. The standard InChI is InChI=1S/C12H19N5O/c13-10-14-11(17-7-2-1-3-8-17)16-12(15-10)18-9-5-4-6-9/h9H,1-8H2,(H2,13,14,15,16). The Bertz CT molecular complexity index is 415. The zero-order chi connectivity index (χ0) is 12.4. The zero-order valence-corrected chi connectivity index (χ0v) is 10.5. The number of hydrogen-bond acceptors (Lipinski definition) is 6. The topological polar surface area (TPSA) is 77.2 Å². The van der Waals surface area contributed by atoms with Crippen molar-refractivity contribution in [3.63, 3.8) is 0 Å². The molecule has 0 bridgehead atoms. The Labute approximate surface area is 107 Å². The average molecular weight is 249 g/mol. The molecule has 2 N–H and O–H groups in total. The van der Waals surface area contributed by atoms with Crippen LogP contribution in [-0.4, -0.2) is 34.1 Å². The lowest BCUT2D eigenvalue weighted by molar-refractivity contribution is 0.108.